The smallest absolute Gasteiger partial charge is 0.257 e. The minimum atomic E-state index is -0.0831. The van der Waals surface area contributed by atoms with E-state index in [4.69, 9.17) is 0 Å². The van der Waals surface area contributed by atoms with Gasteiger partial charge >= 0.3 is 0 Å². The van der Waals surface area contributed by atoms with Crippen LogP contribution in [0.25, 0.3) is 0 Å². The molecule has 1 aromatic carbocycles. The molecule has 22 heavy (non-hydrogen) atoms. The van der Waals surface area contributed by atoms with E-state index in [0.29, 0.717) is 5.56 Å². The number of amides is 1. The lowest BCUT2D eigenvalue weighted by atomic mass is 10.1. The molecule has 4 nitrogen and oxygen atoms in total. The summed E-state index contributed by atoms with van der Waals surface area (Å²) in [6.45, 7) is 7.34. The van der Waals surface area contributed by atoms with Crippen LogP contribution in [0.2, 0.25) is 0 Å². The number of carbonyl (C=O) groups is 1. The Balaban J connectivity index is 1.71. The molecule has 0 aliphatic carbocycles. The van der Waals surface area contributed by atoms with Gasteiger partial charge in [0.25, 0.3) is 5.91 Å². The van der Waals surface area contributed by atoms with Crippen molar-refractivity contribution in [3.8, 4) is 0 Å². The van der Waals surface area contributed by atoms with Crippen molar-refractivity contribution in [1.82, 2.24) is 9.88 Å². The molecule has 3 rings (SSSR count). The molecule has 0 spiro atoms. The molecule has 0 radical (unpaired) electrons. The fraction of sp³-hybridized carbons (Fsp3) is 0.412. The highest BCUT2D eigenvalue weighted by Gasteiger charge is 2.21. The number of anilines is 1. The molecule has 0 bridgehead atoms. The molecule has 0 atom stereocenters. The predicted molar refractivity (Wildman–Crippen MR) is 90.5 cm³/mol. The molecule has 1 amide bonds. The van der Waals surface area contributed by atoms with Crippen molar-refractivity contribution in [3.05, 3.63) is 46.0 Å². The number of benzene rings is 1. The molecule has 5 heteroatoms. The minimum absolute atomic E-state index is 0.0831. The monoisotopic (exact) mass is 315 g/mol. The lowest BCUT2D eigenvalue weighted by molar-refractivity contribution is 0.102. The minimum Gasteiger partial charge on any atom is -0.298 e. The van der Waals surface area contributed by atoms with Gasteiger partial charge in [0.15, 0.2) is 5.13 Å². The second-order valence-electron chi connectivity index (χ2n) is 5.74. The van der Waals surface area contributed by atoms with Crippen LogP contribution >= 0.6 is 11.3 Å². The van der Waals surface area contributed by atoms with Crippen molar-refractivity contribution in [2.45, 2.75) is 33.2 Å². The first-order chi connectivity index (χ1) is 10.7. The highest BCUT2D eigenvalue weighted by atomic mass is 32.1. The normalized spacial score (nSPS) is 14.6. The summed E-state index contributed by atoms with van der Waals surface area (Å²) in [5.41, 5.74) is 2.92. The van der Waals surface area contributed by atoms with Crippen molar-refractivity contribution in [1.29, 1.82) is 0 Å². The molecule has 116 valence electrons. The molecule has 1 aliphatic rings. The third kappa shape index (κ3) is 3.36. The third-order valence-corrected chi connectivity index (χ3v) is 4.85. The number of carbonyl (C=O) groups excluding carboxylic acids is 1. The molecule has 1 aromatic heterocycles. The summed E-state index contributed by atoms with van der Waals surface area (Å²) in [4.78, 5) is 20.6. The molecule has 1 N–H and O–H groups in total. The Morgan fingerprint density at radius 2 is 2.32 bits per heavy atom. The topological polar surface area (TPSA) is 45.2 Å². The van der Waals surface area contributed by atoms with Crippen LogP contribution in [-0.2, 0) is 13.0 Å². The van der Waals surface area contributed by atoms with Crippen molar-refractivity contribution < 1.29 is 4.79 Å². The molecule has 0 saturated carbocycles. The Morgan fingerprint density at radius 3 is 3.09 bits per heavy atom. The molecule has 2 aromatic rings. The zero-order valence-corrected chi connectivity index (χ0v) is 13.9. The first kappa shape index (κ1) is 15.2. The number of aromatic nitrogens is 1. The zero-order chi connectivity index (χ0) is 15.5. The molecular formula is C17H21N3OS. The van der Waals surface area contributed by atoms with Gasteiger partial charge in [-0.25, -0.2) is 4.98 Å². The molecular weight excluding hydrogens is 294 g/mol. The number of fused-ring (bicyclic) bond motifs is 1. The van der Waals surface area contributed by atoms with Crippen LogP contribution in [0, 0.1) is 6.92 Å². The molecule has 2 heterocycles. The van der Waals surface area contributed by atoms with Crippen LogP contribution in [0.3, 0.4) is 0 Å². The van der Waals surface area contributed by atoms with E-state index in [1.807, 2.05) is 31.2 Å². The lowest BCUT2D eigenvalue weighted by Crippen LogP contribution is -2.30. The fourth-order valence-corrected chi connectivity index (χ4v) is 3.81. The second kappa shape index (κ2) is 6.58. The van der Waals surface area contributed by atoms with Gasteiger partial charge in [-0.2, -0.15) is 0 Å². The average molecular weight is 315 g/mol. The van der Waals surface area contributed by atoms with E-state index in [9.17, 15) is 4.79 Å². The maximum atomic E-state index is 12.3. The number of nitrogens with one attached hydrogen (secondary N) is 1. The van der Waals surface area contributed by atoms with E-state index in [0.717, 1.165) is 42.4 Å². The Bertz CT molecular complexity index is 680. The van der Waals surface area contributed by atoms with Crippen LogP contribution in [0.1, 0.15) is 39.8 Å². The van der Waals surface area contributed by atoms with Crippen molar-refractivity contribution >= 4 is 22.4 Å². The molecule has 0 saturated heterocycles. The predicted octanol–water partition coefficient (Wildman–Crippen LogP) is 3.47. The Morgan fingerprint density at radius 1 is 1.45 bits per heavy atom. The van der Waals surface area contributed by atoms with Gasteiger partial charge in [-0.3, -0.25) is 15.0 Å². The summed E-state index contributed by atoms with van der Waals surface area (Å²) in [7, 11) is 0. The number of nitrogens with zero attached hydrogens (tertiary/aromatic N) is 2. The second-order valence-corrected chi connectivity index (χ2v) is 6.82. The van der Waals surface area contributed by atoms with Gasteiger partial charge in [0, 0.05) is 30.0 Å². The van der Waals surface area contributed by atoms with Crippen molar-refractivity contribution in [3.63, 3.8) is 0 Å². The van der Waals surface area contributed by atoms with E-state index < -0.39 is 0 Å². The van der Waals surface area contributed by atoms with Gasteiger partial charge < -0.3 is 0 Å². The number of hydrogen-bond donors (Lipinski definition) is 1. The number of aryl methyl sites for hydroxylation is 1. The quantitative estimate of drug-likeness (QED) is 0.939. The summed E-state index contributed by atoms with van der Waals surface area (Å²) in [6, 6.07) is 7.62. The van der Waals surface area contributed by atoms with Crippen LogP contribution in [0.15, 0.2) is 24.3 Å². The van der Waals surface area contributed by atoms with E-state index in [1.54, 1.807) is 11.3 Å². The summed E-state index contributed by atoms with van der Waals surface area (Å²) in [6.07, 6.45) is 2.15. The summed E-state index contributed by atoms with van der Waals surface area (Å²) in [5.74, 6) is -0.0831. The van der Waals surface area contributed by atoms with Crippen LogP contribution in [-0.4, -0.2) is 28.9 Å². The van der Waals surface area contributed by atoms with E-state index in [-0.39, 0.29) is 5.91 Å². The Hall–Kier alpha value is -1.72. The largest absolute Gasteiger partial charge is 0.298 e. The van der Waals surface area contributed by atoms with E-state index in [1.165, 1.54) is 11.3 Å². The Kier molecular flexibility index (Phi) is 4.55. The highest BCUT2D eigenvalue weighted by molar-refractivity contribution is 7.15. The van der Waals surface area contributed by atoms with E-state index >= 15 is 0 Å². The maximum Gasteiger partial charge on any atom is 0.257 e. The van der Waals surface area contributed by atoms with Gasteiger partial charge in [-0.15, -0.1) is 11.3 Å². The van der Waals surface area contributed by atoms with Gasteiger partial charge in [0.05, 0.1) is 5.69 Å². The number of hydrogen-bond acceptors (Lipinski definition) is 4. The molecule has 1 aliphatic heterocycles. The zero-order valence-electron chi connectivity index (χ0n) is 13.1. The average Bonchev–Trinajstić information content (AvgIpc) is 2.89. The lowest BCUT2D eigenvalue weighted by Gasteiger charge is -2.24. The molecule has 0 unspecified atom stereocenters. The fourth-order valence-electron chi connectivity index (χ4n) is 2.76. The summed E-state index contributed by atoms with van der Waals surface area (Å²) < 4.78 is 0. The van der Waals surface area contributed by atoms with Gasteiger partial charge in [-0.1, -0.05) is 24.6 Å². The third-order valence-electron chi connectivity index (χ3n) is 3.85. The first-order valence-corrected chi connectivity index (χ1v) is 8.56. The summed E-state index contributed by atoms with van der Waals surface area (Å²) in [5, 5.41) is 3.66. The molecule has 0 fully saturated rings. The van der Waals surface area contributed by atoms with Crippen molar-refractivity contribution in [2.24, 2.45) is 0 Å². The van der Waals surface area contributed by atoms with Gasteiger partial charge in [-0.05, 0) is 32.0 Å². The standard InChI is InChI=1S/C17H21N3OS/c1-3-8-20-9-7-14-15(11-20)22-17(18-14)19-16(21)13-6-4-5-12(2)10-13/h4-6,10H,3,7-9,11H2,1-2H3,(H,18,19,21). The summed E-state index contributed by atoms with van der Waals surface area (Å²) >= 11 is 1.61. The van der Waals surface area contributed by atoms with Crippen LogP contribution < -0.4 is 5.32 Å². The SMILES string of the molecule is CCCN1CCc2nc(NC(=O)c3cccc(C)c3)sc2C1. The first-order valence-electron chi connectivity index (χ1n) is 7.74. The highest BCUT2D eigenvalue weighted by Crippen LogP contribution is 2.28. The van der Waals surface area contributed by atoms with Crippen LogP contribution in [0.5, 0.6) is 0 Å². The van der Waals surface area contributed by atoms with Gasteiger partial charge in [0.1, 0.15) is 0 Å². The van der Waals surface area contributed by atoms with E-state index in [2.05, 4.69) is 22.1 Å². The number of thiazole rings is 1. The maximum absolute atomic E-state index is 12.3. The van der Waals surface area contributed by atoms with Crippen LogP contribution in [0.4, 0.5) is 5.13 Å². The number of rotatable bonds is 4. The van der Waals surface area contributed by atoms with Crippen molar-refractivity contribution in [2.75, 3.05) is 18.4 Å². The Labute approximate surface area is 135 Å². The van der Waals surface area contributed by atoms with Gasteiger partial charge in [0.2, 0.25) is 0 Å².